The zero-order valence-electron chi connectivity index (χ0n) is 14.7. The molecule has 0 unspecified atom stereocenters. The average molecular weight is 372 g/mol. The van der Waals surface area contributed by atoms with Gasteiger partial charge in [0.1, 0.15) is 11.4 Å². The molecule has 1 aromatic heterocycles. The van der Waals surface area contributed by atoms with Crippen LogP contribution in [0.4, 0.5) is 5.69 Å². The number of hydrogen-bond donors (Lipinski definition) is 2. The highest BCUT2D eigenvalue weighted by Gasteiger charge is 2.18. The number of aryl methyl sites for hydroxylation is 1. The third kappa shape index (κ3) is 4.61. The topological polar surface area (TPSA) is 71.1 Å². The summed E-state index contributed by atoms with van der Waals surface area (Å²) in [5.41, 5.74) is 1.97. The van der Waals surface area contributed by atoms with Gasteiger partial charge in [0.15, 0.2) is 0 Å². The molecular formula is C20H22ClN3O2. The van der Waals surface area contributed by atoms with Crippen LogP contribution >= 0.6 is 11.6 Å². The molecule has 2 aromatic rings. The maximum absolute atomic E-state index is 12.5. The number of anilines is 1. The zero-order chi connectivity index (χ0) is 18.5. The minimum absolute atomic E-state index is 0.195. The molecule has 2 amide bonds. The van der Waals surface area contributed by atoms with Gasteiger partial charge in [-0.2, -0.15) is 0 Å². The van der Waals surface area contributed by atoms with Crippen LogP contribution in [0.5, 0.6) is 0 Å². The molecule has 1 aromatic carbocycles. The van der Waals surface area contributed by atoms with Crippen molar-refractivity contribution in [2.45, 2.75) is 45.1 Å². The maximum Gasteiger partial charge on any atom is 0.274 e. The lowest BCUT2D eigenvalue weighted by atomic mass is 9.95. The minimum Gasteiger partial charge on any atom is -0.348 e. The Morgan fingerprint density at radius 3 is 2.46 bits per heavy atom. The normalized spacial score (nSPS) is 14.7. The van der Waals surface area contributed by atoms with Crippen molar-refractivity contribution in [1.82, 2.24) is 10.3 Å². The smallest absolute Gasteiger partial charge is 0.274 e. The van der Waals surface area contributed by atoms with Gasteiger partial charge in [0.25, 0.3) is 11.8 Å². The number of rotatable bonds is 4. The second kappa shape index (κ2) is 8.32. The fraction of sp³-hybridized carbons (Fsp3) is 0.350. The van der Waals surface area contributed by atoms with Crippen LogP contribution in [0.15, 0.2) is 36.4 Å². The van der Waals surface area contributed by atoms with Crippen molar-refractivity contribution in [3.8, 4) is 0 Å². The van der Waals surface area contributed by atoms with Gasteiger partial charge in [-0.25, -0.2) is 4.98 Å². The van der Waals surface area contributed by atoms with Gasteiger partial charge in [-0.15, -0.1) is 0 Å². The van der Waals surface area contributed by atoms with E-state index >= 15 is 0 Å². The summed E-state index contributed by atoms with van der Waals surface area (Å²) >= 11 is 5.99. The van der Waals surface area contributed by atoms with Crippen LogP contribution in [-0.2, 0) is 0 Å². The fourth-order valence-electron chi connectivity index (χ4n) is 3.11. The molecule has 1 fully saturated rings. The van der Waals surface area contributed by atoms with Crippen LogP contribution in [0, 0.1) is 6.92 Å². The highest BCUT2D eigenvalue weighted by atomic mass is 35.5. The molecule has 0 saturated heterocycles. The van der Waals surface area contributed by atoms with Crippen molar-refractivity contribution >= 4 is 29.1 Å². The van der Waals surface area contributed by atoms with Crippen LogP contribution in [0.2, 0.25) is 5.02 Å². The summed E-state index contributed by atoms with van der Waals surface area (Å²) < 4.78 is 0. The highest BCUT2D eigenvalue weighted by molar-refractivity contribution is 6.31. The lowest BCUT2D eigenvalue weighted by molar-refractivity contribution is 0.0922. The maximum atomic E-state index is 12.5. The van der Waals surface area contributed by atoms with Crippen molar-refractivity contribution in [3.63, 3.8) is 0 Å². The van der Waals surface area contributed by atoms with E-state index in [1.807, 2.05) is 13.0 Å². The Kier molecular flexibility index (Phi) is 5.89. The van der Waals surface area contributed by atoms with E-state index in [1.54, 1.807) is 30.3 Å². The van der Waals surface area contributed by atoms with E-state index in [4.69, 9.17) is 11.6 Å². The molecule has 0 aliphatic heterocycles. The van der Waals surface area contributed by atoms with Crippen LogP contribution in [0.1, 0.15) is 58.6 Å². The number of pyridine rings is 1. The molecule has 1 saturated carbocycles. The van der Waals surface area contributed by atoms with Gasteiger partial charge in [-0.05, 0) is 49.6 Å². The monoisotopic (exact) mass is 371 g/mol. The molecule has 0 radical (unpaired) electrons. The molecule has 5 nitrogen and oxygen atoms in total. The lowest BCUT2D eigenvalue weighted by Gasteiger charge is -2.22. The summed E-state index contributed by atoms with van der Waals surface area (Å²) in [4.78, 5) is 29.1. The molecule has 2 N–H and O–H groups in total. The second-order valence-electron chi connectivity index (χ2n) is 6.63. The largest absolute Gasteiger partial charge is 0.348 e. The highest BCUT2D eigenvalue weighted by Crippen LogP contribution is 2.21. The Morgan fingerprint density at radius 2 is 1.73 bits per heavy atom. The van der Waals surface area contributed by atoms with E-state index < -0.39 is 0 Å². The van der Waals surface area contributed by atoms with Crippen LogP contribution in [0.25, 0.3) is 0 Å². The van der Waals surface area contributed by atoms with Gasteiger partial charge < -0.3 is 10.6 Å². The third-order valence-electron chi connectivity index (χ3n) is 4.60. The van der Waals surface area contributed by atoms with Gasteiger partial charge in [0.05, 0.1) is 0 Å². The minimum atomic E-state index is -0.373. The Balaban J connectivity index is 1.70. The first-order valence-corrected chi connectivity index (χ1v) is 9.26. The van der Waals surface area contributed by atoms with E-state index in [9.17, 15) is 9.59 Å². The van der Waals surface area contributed by atoms with Gasteiger partial charge in [0, 0.05) is 16.8 Å². The Bertz CT molecular complexity index is 816. The Morgan fingerprint density at radius 1 is 1.04 bits per heavy atom. The van der Waals surface area contributed by atoms with E-state index in [0.29, 0.717) is 10.7 Å². The van der Waals surface area contributed by atoms with Crippen molar-refractivity contribution < 1.29 is 9.59 Å². The number of carbonyl (C=O) groups is 2. The standard InChI is InChI=1S/C20H22ClN3O2/c1-13-10-11-14(21)12-18(13)24-20(26)17-9-5-8-16(23-17)19(25)22-15-6-3-2-4-7-15/h5,8-12,15H,2-4,6-7H2,1H3,(H,22,25)(H,24,26). The summed E-state index contributed by atoms with van der Waals surface area (Å²) in [5.74, 6) is -0.604. The van der Waals surface area contributed by atoms with Crippen molar-refractivity contribution in [3.05, 3.63) is 58.4 Å². The molecule has 0 spiro atoms. The fourth-order valence-corrected chi connectivity index (χ4v) is 3.28. The van der Waals surface area contributed by atoms with Gasteiger partial charge >= 0.3 is 0 Å². The Hall–Kier alpha value is -2.40. The van der Waals surface area contributed by atoms with E-state index in [-0.39, 0.29) is 29.2 Å². The molecule has 136 valence electrons. The van der Waals surface area contributed by atoms with E-state index in [0.717, 1.165) is 31.2 Å². The predicted octanol–water partition coefficient (Wildman–Crippen LogP) is 4.36. The first-order valence-electron chi connectivity index (χ1n) is 8.88. The quantitative estimate of drug-likeness (QED) is 0.838. The SMILES string of the molecule is Cc1ccc(Cl)cc1NC(=O)c1cccc(C(=O)NC2CCCCC2)n1. The number of nitrogens with zero attached hydrogens (tertiary/aromatic N) is 1. The van der Waals surface area contributed by atoms with Crippen LogP contribution in [0.3, 0.4) is 0 Å². The second-order valence-corrected chi connectivity index (χ2v) is 7.07. The summed E-state index contributed by atoms with van der Waals surface area (Å²) in [6, 6.07) is 10.4. The molecule has 6 heteroatoms. The molecule has 3 rings (SSSR count). The van der Waals surface area contributed by atoms with Crippen LogP contribution in [-0.4, -0.2) is 22.8 Å². The van der Waals surface area contributed by atoms with Crippen molar-refractivity contribution in [2.24, 2.45) is 0 Å². The van der Waals surface area contributed by atoms with Gasteiger partial charge in [-0.1, -0.05) is 43.0 Å². The molecule has 1 aliphatic rings. The molecule has 0 bridgehead atoms. The number of hydrogen-bond acceptors (Lipinski definition) is 3. The molecule has 1 heterocycles. The third-order valence-corrected chi connectivity index (χ3v) is 4.84. The van der Waals surface area contributed by atoms with Gasteiger partial charge in [0.2, 0.25) is 0 Å². The van der Waals surface area contributed by atoms with Crippen molar-refractivity contribution in [1.29, 1.82) is 0 Å². The molecule has 1 aliphatic carbocycles. The van der Waals surface area contributed by atoms with Crippen LogP contribution < -0.4 is 10.6 Å². The molecular weight excluding hydrogens is 350 g/mol. The first kappa shape index (κ1) is 18.4. The van der Waals surface area contributed by atoms with Gasteiger partial charge in [-0.3, -0.25) is 9.59 Å². The van der Waals surface area contributed by atoms with Crippen molar-refractivity contribution in [2.75, 3.05) is 5.32 Å². The molecule has 26 heavy (non-hydrogen) atoms. The number of halogens is 1. The first-order chi connectivity index (χ1) is 12.5. The van der Waals surface area contributed by atoms with E-state index in [1.165, 1.54) is 6.42 Å². The Labute approximate surface area is 158 Å². The van der Waals surface area contributed by atoms with E-state index in [2.05, 4.69) is 15.6 Å². The average Bonchev–Trinajstić information content (AvgIpc) is 2.65. The summed E-state index contributed by atoms with van der Waals surface area (Å²) in [5, 5.41) is 6.36. The number of aromatic nitrogens is 1. The number of benzene rings is 1. The number of nitrogens with one attached hydrogen (secondary N) is 2. The number of amides is 2. The summed E-state index contributed by atoms with van der Waals surface area (Å²) in [6.45, 7) is 1.88. The predicted molar refractivity (Wildman–Crippen MR) is 103 cm³/mol. The zero-order valence-corrected chi connectivity index (χ0v) is 15.5. The lowest BCUT2D eigenvalue weighted by Crippen LogP contribution is -2.36. The number of carbonyl (C=O) groups excluding carboxylic acids is 2. The molecule has 0 atom stereocenters. The summed E-state index contributed by atoms with van der Waals surface area (Å²) in [7, 11) is 0. The summed E-state index contributed by atoms with van der Waals surface area (Å²) in [6.07, 6.45) is 5.50.